The molecule has 1 aromatic rings. The molecular formula is C15H23NO3. The van der Waals surface area contributed by atoms with Crippen LogP contribution >= 0.6 is 0 Å². The van der Waals surface area contributed by atoms with E-state index in [1.807, 2.05) is 26.8 Å². The average molecular weight is 265 g/mol. The van der Waals surface area contributed by atoms with Gasteiger partial charge in [0.05, 0.1) is 5.56 Å². The van der Waals surface area contributed by atoms with E-state index in [0.717, 1.165) is 0 Å². The molecule has 2 N–H and O–H groups in total. The molecular weight excluding hydrogens is 242 g/mol. The molecule has 0 saturated carbocycles. The van der Waals surface area contributed by atoms with Crippen LogP contribution < -0.4 is 10.1 Å². The number of para-hydroxylation sites is 1. The highest BCUT2D eigenvalue weighted by molar-refractivity contribution is 5.96. The van der Waals surface area contributed by atoms with Gasteiger partial charge in [-0.05, 0) is 39.8 Å². The van der Waals surface area contributed by atoms with E-state index in [1.54, 1.807) is 18.2 Å². The molecule has 1 unspecified atom stereocenters. The minimum absolute atomic E-state index is 0.0434. The molecule has 0 bridgehead atoms. The molecule has 4 heteroatoms. The Morgan fingerprint density at radius 3 is 2.58 bits per heavy atom. The zero-order chi connectivity index (χ0) is 14.5. The highest BCUT2D eigenvalue weighted by Crippen LogP contribution is 2.18. The van der Waals surface area contributed by atoms with Crippen LogP contribution in [-0.2, 0) is 0 Å². The second kappa shape index (κ2) is 6.68. The van der Waals surface area contributed by atoms with Crippen molar-refractivity contribution in [2.24, 2.45) is 0 Å². The van der Waals surface area contributed by atoms with E-state index >= 15 is 0 Å². The number of ether oxygens (including phenoxy) is 1. The number of aliphatic hydroxyl groups is 1. The molecule has 4 nitrogen and oxygen atoms in total. The Kier molecular flexibility index (Phi) is 5.51. The third-order valence-electron chi connectivity index (χ3n) is 2.57. The second-order valence-electron chi connectivity index (χ2n) is 5.65. The van der Waals surface area contributed by atoms with Crippen molar-refractivity contribution in [1.82, 2.24) is 5.32 Å². The lowest BCUT2D eigenvalue weighted by Gasteiger charge is -2.23. The number of nitrogens with one attached hydrogen (secondary N) is 1. The number of carbonyl (C=O) groups is 1. The summed E-state index contributed by atoms with van der Waals surface area (Å²) in [6, 6.07) is 7.06. The molecule has 0 aliphatic carbocycles. The lowest BCUT2D eigenvalue weighted by Crippen LogP contribution is -2.42. The van der Waals surface area contributed by atoms with Crippen LogP contribution in [0.5, 0.6) is 5.75 Å². The molecule has 1 rings (SSSR count). The Bertz CT molecular complexity index is 424. The van der Waals surface area contributed by atoms with Gasteiger partial charge in [-0.2, -0.15) is 0 Å². The van der Waals surface area contributed by atoms with Crippen LogP contribution in [0.15, 0.2) is 24.3 Å². The first-order chi connectivity index (χ1) is 8.79. The fraction of sp³-hybridized carbons (Fsp3) is 0.533. The van der Waals surface area contributed by atoms with Gasteiger partial charge in [0.1, 0.15) is 18.5 Å². The van der Waals surface area contributed by atoms with Gasteiger partial charge in [-0.15, -0.1) is 0 Å². The molecule has 1 atom stereocenters. The van der Waals surface area contributed by atoms with Crippen LogP contribution in [0.25, 0.3) is 0 Å². The van der Waals surface area contributed by atoms with E-state index < -0.39 is 6.10 Å². The summed E-state index contributed by atoms with van der Waals surface area (Å²) in [5.74, 6) is 0.475. The molecule has 0 amide bonds. The average Bonchev–Trinajstić information content (AvgIpc) is 2.33. The van der Waals surface area contributed by atoms with Crippen molar-refractivity contribution in [2.75, 3.05) is 13.2 Å². The van der Waals surface area contributed by atoms with E-state index in [9.17, 15) is 9.90 Å². The maximum atomic E-state index is 11.4. The Labute approximate surface area is 114 Å². The molecule has 106 valence electrons. The largest absolute Gasteiger partial charge is 0.490 e. The smallest absolute Gasteiger partial charge is 0.163 e. The summed E-state index contributed by atoms with van der Waals surface area (Å²) in [6.45, 7) is 8.21. The van der Waals surface area contributed by atoms with Gasteiger partial charge in [-0.25, -0.2) is 0 Å². The Balaban J connectivity index is 2.51. The zero-order valence-corrected chi connectivity index (χ0v) is 12.1. The van der Waals surface area contributed by atoms with E-state index in [-0.39, 0.29) is 17.9 Å². The first-order valence-electron chi connectivity index (χ1n) is 6.45. The molecule has 0 fully saturated rings. The van der Waals surface area contributed by atoms with Gasteiger partial charge in [-0.1, -0.05) is 12.1 Å². The lowest BCUT2D eigenvalue weighted by molar-refractivity contribution is 0.0950. The fourth-order valence-electron chi connectivity index (χ4n) is 1.55. The van der Waals surface area contributed by atoms with Crippen LogP contribution in [0, 0.1) is 0 Å². The molecule has 1 aromatic carbocycles. The van der Waals surface area contributed by atoms with Gasteiger partial charge in [0, 0.05) is 12.1 Å². The predicted molar refractivity (Wildman–Crippen MR) is 75.7 cm³/mol. The SMILES string of the molecule is CC(=O)c1ccccc1OCC(O)CNC(C)(C)C. The number of hydrogen-bond donors (Lipinski definition) is 2. The topological polar surface area (TPSA) is 58.6 Å². The van der Waals surface area contributed by atoms with Gasteiger partial charge >= 0.3 is 0 Å². The molecule has 0 aromatic heterocycles. The quantitative estimate of drug-likeness (QED) is 0.773. The normalized spacial score (nSPS) is 13.1. The van der Waals surface area contributed by atoms with Crippen LogP contribution in [-0.4, -0.2) is 35.7 Å². The summed E-state index contributed by atoms with van der Waals surface area (Å²) in [5.41, 5.74) is 0.497. The van der Waals surface area contributed by atoms with Crippen LogP contribution in [0.2, 0.25) is 0 Å². The molecule has 0 heterocycles. The van der Waals surface area contributed by atoms with E-state index in [1.165, 1.54) is 6.92 Å². The summed E-state index contributed by atoms with van der Waals surface area (Å²) in [4.78, 5) is 11.4. The van der Waals surface area contributed by atoms with Crippen LogP contribution in [0.4, 0.5) is 0 Å². The first kappa shape index (κ1) is 15.7. The van der Waals surface area contributed by atoms with Crippen LogP contribution in [0.3, 0.4) is 0 Å². The number of ketones is 1. The molecule has 19 heavy (non-hydrogen) atoms. The number of hydrogen-bond acceptors (Lipinski definition) is 4. The van der Waals surface area contributed by atoms with Gasteiger partial charge in [0.25, 0.3) is 0 Å². The van der Waals surface area contributed by atoms with Crippen molar-refractivity contribution in [1.29, 1.82) is 0 Å². The Morgan fingerprint density at radius 1 is 1.37 bits per heavy atom. The number of Topliss-reactive ketones (excluding diaryl/α,β-unsaturated/α-hetero) is 1. The monoisotopic (exact) mass is 265 g/mol. The minimum atomic E-state index is -0.612. The van der Waals surface area contributed by atoms with Crippen molar-refractivity contribution < 1.29 is 14.6 Å². The number of aliphatic hydroxyl groups excluding tert-OH is 1. The van der Waals surface area contributed by atoms with E-state index in [0.29, 0.717) is 17.9 Å². The van der Waals surface area contributed by atoms with Crippen LogP contribution in [0.1, 0.15) is 38.1 Å². The highest BCUT2D eigenvalue weighted by Gasteiger charge is 2.14. The van der Waals surface area contributed by atoms with Crippen molar-refractivity contribution in [3.05, 3.63) is 29.8 Å². The van der Waals surface area contributed by atoms with Crippen molar-refractivity contribution >= 4 is 5.78 Å². The molecule has 0 spiro atoms. The number of rotatable bonds is 6. The molecule has 0 aliphatic rings. The van der Waals surface area contributed by atoms with Crippen molar-refractivity contribution in [3.63, 3.8) is 0 Å². The summed E-state index contributed by atoms with van der Waals surface area (Å²) >= 11 is 0. The van der Waals surface area contributed by atoms with E-state index in [4.69, 9.17) is 4.74 Å². The fourth-order valence-corrected chi connectivity index (χ4v) is 1.55. The maximum absolute atomic E-state index is 11.4. The molecule has 0 radical (unpaired) electrons. The van der Waals surface area contributed by atoms with Gasteiger partial charge < -0.3 is 15.2 Å². The number of benzene rings is 1. The summed E-state index contributed by atoms with van der Waals surface area (Å²) in [7, 11) is 0. The molecule has 0 saturated heterocycles. The minimum Gasteiger partial charge on any atom is -0.490 e. The number of β-amino-alcohol motifs (C(OH)–C–C–N with tert-alkyl or cyclic N) is 1. The van der Waals surface area contributed by atoms with Crippen molar-refractivity contribution in [2.45, 2.75) is 39.3 Å². The summed E-state index contributed by atoms with van der Waals surface area (Å²) in [5, 5.41) is 13.0. The second-order valence-corrected chi connectivity index (χ2v) is 5.65. The summed E-state index contributed by atoms with van der Waals surface area (Å²) < 4.78 is 5.51. The van der Waals surface area contributed by atoms with Gasteiger partial charge in [-0.3, -0.25) is 4.79 Å². The standard InChI is InChI=1S/C15H23NO3/c1-11(17)13-7-5-6-8-14(13)19-10-12(18)9-16-15(2,3)4/h5-8,12,16,18H,9-10H2,1-4H3. The van der Waals surface area contributed by atoms with Gasteiger partial charge in [0.2, 0.25) is 0 Å². The first-order valence-corrected chi connectivity index (χ1v) is 6.45. The third kappa shape index (κ3) is 5.85. The highest BCUT2D eigenvalue weighted by atomic mass is 16.5. The maximum Gasteiger partial charge on any atom is 0.163 e. The Morgan fingerprint density at radius 2 is 2.00 bits per heavy atom. The van der Waals surface area contributed by atoms with E-state index in [2.05, 4.69) is 5.32 Å². The Hall–Kier alpha value is -1.39. The van der Waals surface area contributed by atoms with Gasteiger partial charge in [0.15, 0.2) is 5.78 Å². The van der Waals surface area contributed by atoms with Crippen molar-refractivity contribution in [3.8, 4) is 5.75 Å². The lowest BCUT2D eigenvalue weighted by atomic mass is 10.1. The molecule has 0 aliphatic heterocycles. The zero-order valence-electron chi connectivity index (χ0n) is 12.1. The summed E-state index contributed by atoms with van der Waals surface area (Å²) in [6.07, 6.45) is -0.612. The predicted octanol–water partition coefficient (Wildman–Crippen LogP) is 2.02. The third-order valence-corrected chi connectivity index (χ3v) is 2.57. The number of carbonyl (C=O) groups excluding carboxylic acids is 1.